The van der Waals surface area contributed by atoms with E-state index in [1.807, 2.05) is 38.1 Å². The van der Waals surface area contributed by atoms with Crippen molar-refractivity contribution in [2.24, 2.45) is 0 Å². The Hall–Kier alpha value is -3.48. The molecule has 0 unspecified atom stereocenters. The molecule has 29 heavy (non-hydrogen) atoms. The number of carbonyl (C=O) groups excluding carboxylic acids is 2. The number of ether oxygens (including phenoxy) is 3. The van der Waals surface area contributed by atoms with E-state index in [0.717, 1.165) is 11.3 Å². The lowest BCUT2D eigenvalue weighted by atomic mass is 10.2. The van der Waals surface area contributed by atoms with E-state index in [2.05, 4.69) is 5.32 Å². The first-order valence-corrected chi connectivity index (χ1v) is 9.15. The Morgan fingerprint density at radius 2 is 1.79 bits per heavy atom. The highest BCUT2D eigenvalue weighted by molar-refractivity contribution is 5.94. The highest BCUT2D eigenvalue weighted by Crippen LogP contribution is 2.28. The lowest BCUT2D eigenvalue weighted by Gasteiger charge is -2.13. The van der Waals surface area contributed by atoms with E-state index in [-0.39, 0.29) is 6.61 Å². The minimum atomic E-state index is -0.615. The van der Waals surface area contributed by atoms with Crippen LogP contribution in [-0.2, 0) is 14.3 Å². The average Bonchev–Trinajstić information content (AvgIpc) is 2.72. The van der Waals surface area contributed by atoms with Crippen molar-refractivity contribution in [2.75, 3.05) is 44.6 Å². The second-order valence-electron chi connectivity index (χ2n) is 6.27. The fraction of sp³-hybridized carbons (Fsp3) is 0.273. The second kappa shape index (κ2) is 10.8. The minimum Gasteiger partial charge on any atom is -0.493 e. The smallest absolute Gasteiger partial charge is 0.331 e. The summed E-state index contributed by atoms with van der Waals surface area (Å²) in [5.74, 6) is 0.176. The maximum absolute atomic E-state index is 11.9. The second-order valence-corrected chi connectivity index (χ2v) is 6.27. The monoisotopic (exact) mass is 398 g/mol. The zero-order valence-corrected chi connectivity index (χ0v) is 17.1. The molecule has 0 saturated carbocycles. The minimum absolute atomic E-state index is 0.370. The fourth-order valence-corrected chi connectivity index (χ4v) is 2.45. The van der Waals surface area contributed by atoms with Gasteiger partial charge in [0.2, 0.25) is 0 Å². The first-order chi connectivity index (χ1) is 13.9. The van der Waals surface area contributed by atoms with E-state index in [0.29, 0.717) is 23.8 Å². The maximum Gasteiger partial charge on any atom is 0.331 e. The summed E-state index contributed by atoms with van der Waals surface area (Å²) in [6.07, 6.45) is 2.84. The molecule has 2 aromatic carbocycles. The summed E-state index contributed by atoms with van der Waals surface area (Å²) in [6, 6.07) is 12.6. The molecule has 7 nitrogen and oxygen atoms in total. The van der Waals surface area contributed by atoms with Crippen LogP contribution in [0.5, 0.6) is 11.5 Å². The number of amides is 1. The van der Waals surface area contributed by atoms with Gasteiger partial charge in [-0.2, -0.15) is 0 Å². The SMILES string of the molecule is CCOc1ccc(/C=C/C(=O)OCC(=O)Nc2ccc(N(C)C)cc2)cc1OC. The summed E-state index contributed by atoms with van der Waals surface area (Å²) >= 11 is 0. The van der Waals surface area contributed by atoms with Crippen LogP contribution in [0.2, 0.25) is 0 Å². The topological polar surface area (TPSA) is 77.1 Å². The summed E-state index contributed by atoms with van der Waals surface area (Å²) in [7, 11) is 5.42. The largest absolute Gasteiger partial charge is 0.493 e. The van der Waals surface area contributed by atoms with Gasteiger partial charge in [0.25, 0.3) is 5.91 Å². The van der Waals surface area contributed by atoms with Crippen LogP contribution in [-0.4, -0.2) is 46.3 Å². The molecule has 0 aliphatic carbocycles. The molecule has 0 aromatic heterocycles. The number of esters is 1. The zero-order chi connectivity index (χ0) is 21.2. The number of rotatable bonds is 9. The summed E-state index contributed by atoms with van der Waals surface area (Å²) in [5.41, 5.74) is 2.40. The van der Waals surface area contributed by atoms with Crippen LogP contribution in [0, 0.1) is 0 Å². The van der Waals surface area contributed by atoms with E-state index >= 15 is 0 Å². The van der Waals surface area contributed by atoms with Crippen molar-refractivity contribution in [3.8, 4) is 11.5 Å². The van der Waals surface area contributed by atoms with Gasteiger partial charge in [0.15, 0.2) is 18.1 Å². The third kappa shape index (κ3) is 6.88. The van der Waals surface area contributed by atoms with Crippen molar-refractivity contribution < 1.29 is 23.8 Å². The predicted octanol–water partition coefficient (Wildman–Crippen LogP) is 3.36. The van der Waals surface area contributed by atoms with Crippen LogP contribution in [0.25, 0.3) is 6.08 Å². The summed E-state index contributed by atoms with van der Waals surface area (Å²) in [5, 5.41) is 2.68. The van der Waals surface area contributed by atoms with Gasteiger partial charge in [0.05, 0.1) is 13.7 Å². The molecule has 154 valence electrons. The number of carbonyl (C=O) groups is 2. The molecule has 1 N–H and O–H groups in total. The number of hydrogen-bond donors (Lipinski definition) is 1. The Morgan fingerprint density at radius 3 is 2.41 bits per heavy atom. The number of nitrogens with one attached hydrogen (secondary N) is 1. The highest BCUT2D eigenvalue weighted by Gasteiger charge is 2.07. The van der Waals surface area contributed by atoms with Crippen LogP contribution in [0.3, 0.4) is 0 Å². The molecular weight excluding hydrogens is 372 g/mol. The molecule has 0 heterocycles. The molecule has 0 aliphatic rings. The van der Waals surface area contributed by atoms with Crippen molar-refractivity contribution >= 4 is 29.3 Å². The molecule has 0 spiro atoms. The standard InChI is InChI=1S/C22H26N2O5/c1-5-28-19-12-6-16(14-20(19)27-4)7-13-22(26)29-15-21(25)23-17-8-10-18(11-9-17)24(2)3/h6-14H,5,15H2,1-4H3,(H,23,25)/b13-7+. The van der Waals surface area contributed by atoms with Gasteiger partial charge in [-0.25, -0.2) is 4.79 Å². The molecule has 0 bridgehead atoms. The molecule has 0 saturated heterocycles. The molecule has 0 fully saturated rings. The number of nitrogens with zero attached hydrogens (tertiary/aromatic N) is 1. The van der Waals surface area contributed by atoms with E-state index in [1.165, 1.54) is 6.08 Å². The van der Waals surface area contributed by atoms with Crippen LogP contribution >= 0.6 is 0 Å². The van der Waals surface area contributed by atoms with Crippen LogP contribution in [0.4, 0.5) is 11.4 Å². The number of methoxy groups -OCH3 is 1. The van der Waals surface area contributed by atoms with E-state index < -0.39 is 11.9 Å². The average molecular weight is 398 g/mol. The molecule has 2 aromatic rings. The summed E-state index contributed by atoms with van der Waals surface area (Å²) in [6.45, 7) is 2.04. The molecule has 2 rings (SSSR count). The van der Waals surface area contributed by atoms with Crippen molar-refractivity contribution in [3.63, 3.8) is 0 Å². The molecule has 7 heteroatoms. The Morgan fingerprint density at radius 1 is 1.07 bits per heavy atom. The molecule has 0 atom stereocenters. The van der Waals surface area contributed by atoms with Gasteiger partial charge in [-0.3, -0.25) is 4.79 Å². The van der Waals surface area contributed by atoms with Crippen molar-refractivity contribution in [3.05, 3.63) is 54.1 Å². The van der Waals surface area contributed by atoms with Crippen LogP contribution in [0.1, 0.15) is 12.5 Å². The van der Waals surface area contributed by atoms with E-state index in [9.17, 15) is 9.59 Å². The first-order valence-electron chi connectivity index (χ1n) is 9.15. The third-order valence-electron chi connectivity index (χ3n) is 3.91. The van der Waals surface area contributed by atoms with E-state index in [4.69, 9.17) is 14.2 Å². The van der Waals surface area contributed by atoms with Crippen LogP contribution < -0.4 is 19.7 Å². The molecule has 0 aliphatic heterocycles. The fourth-order valence-electron chi connectivity index (χ4n) is 2.45. The van der Waals surface area contributed by atoms with Gasteiger partial charge >= 0.3 is 5.97 Å². The number of hydrogen-bond acceptors (Lipinski definition) is 6. The lowest BCUT2D eigenvalue weighted by Crippen LogP contribution is -2.20. The number of anilines is 2. The Labute approximate surface area is 170 Å². The van der Waals surface area contributed by atoms with Crippen molar-refractivity contribution in [1.29, 1.82) is 0 Å². The summed E-state index contributed by atoms with van der Waals surface area (Å²) in [4.78, 5) is 25.8. The Bertz CT molecular complexity index is 860. The van der Waals surface area contributed by atoms with Gasteiger partial charge in [0.1, 0.15) is 0 Å². The molecule has 0 radical (unpaired) electrons. The molecular formula is C22H26N2O5. The van der Waals surface area contributed by atoms with Gasteiger partial charge in [-0.1, -0.05) is 6.07 Å². The number of benzene rings is 2. The third-order valence-corrected chi connectivity index (χ3v) is 3.91. The van der Waals surface area contributed by atoms with Gasteiger partial charge in [-0.05, 0) is 55.0 Å². The van der Waals surface area contributed by atoms with Gasteiger partial charge in [-0.15, -0.1) is 0 Å². The highest BCUT2D eigenvalue weighted by atomic mass is 16.5. The van der Waals surface area contributed by atoms with E-state index in [1.54, 1.807) is 43.5 Å². The van der Waals surface area contributed by atoms with Crippen molar-refractivity contribution in [1.82, 2.24) is 0 Å². The zero-order valence-electron chi connectivity index (χ0n) is 17.1. The molecule has 1 amide bonds. The quantitative estimate of drug-likeness (QED) is 0.516. The lowest BCUT2D eigenvalue weighted by molar-refractivity contribution is -0.142. The maximum atomic E-state index is 11.9. The summed E-state index contributed by atoms with van der Waals surface area (Å²) < 4.78 is 15.7. The van der Waals surface area contributed by atoms with Crippen molar-refractivity contribution in [2.45, 2.75) is 6.92 Å². The Kier molecular flexibility index (Phi) is 8.09. The van der Waals surface area contributed by atoms with Gasteiger partial charge < -0.3 is 24.4 Å². The normalized spacial score (nSPS) is 10.5. The first kappa shape index (κ1) is 21.8. The Balaban J connectivity index is 1.85. The van der Waals surface area contributed by atoms with Crippen LogP contribution in [0.15, 0.2) is 48.5 Å². The predicted molar refractivity (Wildman–Crippen MR) is 114 cm³/mol. The van der Waals surface area contributed by atoms with Gasteiger partial charge in [0, 0.05) is 31.5 Å².